The second kappa shape index (κ2) is 6.49. The minimum atomic E-state index is 0.415. The molecule has 0 aliphatic carbocycles. The van der Waals surface area contributed by atoms with E-state index in [0.717, 1.165) is 31.9 Å². The van der Waals surface area contributed by atoms with E-state index in [1.54, 1.807) is 0 Å². The molecule has 0 radical (unpaired) electrons. The summed E-state index contributed by atoms with van der Waals surface area (Å²) >= 11 is 0. The smallest absolute Gasteiger partial charge is 0.0547 e. The van der Waals surface area contributed by atoms with Crippen LogP contribution in [-0.2, 0) is 6.54 Å². The predicted molar refractivity (Wildman–Crippen MR) is 80.1 cm³/mol. The first-order chi connectivity index (χ1) is 9.11. The van der Waals surface area contributed by atoms with Crippen LogP contribution in [0, 0.1) is 12.3 Å². The average Bonchev–Trinajstić information content (AvgIpc) is 2.38. The third-order valence-corrected chi connectivity index (χ3v) is 4.07. The van der Waals surface area contributed by atoms with Crippen LogP contribution in [0.2, 0.25) is 0 Å². The van der Waals surface area contributed by atoms with E-state index in [-0.39, 0.29) is 0 Å². The average molecular weight is 261 g/mol. The summed E-state index contributed by atoms with van der Waals surface area (Å²) in [5.74, 6) is 0. The molecule has 1 atom stereocenters. The summed E-state index contributed by atoms with van der Waals surface area (Å²) < 4.78 is 0. The second-order valence-corrected chi connectivity index (χ2v) is 6.16. The third kappa shape index (κ3) is 4.29. The molecule has 3 nitrogen and oxygen atoms in total. The van der Waals surface area contributed by atoms with Crippen LogP contribution in [0.3, 0.4) is 0 Å². The molecular formula is C16H27N3. The fraction of sp³-hybridized carbons (Fsp3) is 0.688. The molecule has 0 amide bonds. The Morgan fingerprint density at radius 2 is 2.26 bits per heavy atom. The molecule has 1 fully saturated rings. The molecule has 0 spiro atoms. The Morgan fingerprint density at radius 1 is 1.42 bits per heavy atom. The highest BCUT2D eigenvalue weighted by molar-refractivity contribution is 5.09. The first-order valence-electron chi connectivity index (χ1n) is 7.47. The van der Waals surface area contributed by atoms with E-state index in [0.29, 0.717) is 5.41 Å². The summed E-state index contributed by atoms with van der Waals surface area (Å²) in [5, 5.41) is 3.54. The van der Waals surface area contributed by atoms with Crippen molar-refractivity contribution in [1.82, 2.24) is 15.2 Å². The summed E-state index contributed by atoms with van der Waals surface area (Å²) in [7, 11) is 0. The molecule has 0 saturated carbocycles. The van der Waals surface area contributed by atoms with Gasteiger partial charge >= 0.3 is 0 Å². The predicted octanol–water partition coefficient (Wildman–Crippen LogP) is 2.60. The van der Waals surface area contributed by atoms with Crippen molar-refractivity contribution in [2.45, 2.75) is 40.2 Å². The minimum absolute atomic E-state index is 0.415. The van der Waals surface area contributed by atoms with Crippen LogP contribution in [0.4, 0.5) is 0 Å². The maximum atomic E-state index is 4.62. The lowest BCUT2D eigenvalue weighted by Crippen LogP contribution is -2.45. The van der Waals surface area contributed by atoms with Gasteiger partial charge in [-0.25, -0.2) is 0 Å². The van der Waals surface area contributed by atoms with Crippen molar-refractivity contribution >= 4 is 0 Å². The van der Waals surface area contributed by atoms with Gasteiger partial charge in [-0.1, -0.05) is 19.9 Å². The maximum absolute atomic E-state index is 4.62. The first-order valence-corrected chi connectivity index (χ1v) is 7.47. The molecule has 0 aromatic carbocycles. The Labute approximate surface area is 117 Å². The molecule has 3 heteroatoms. The van der Waals surface area contributed by atoms with Gasteiger partial charge in [0.05, 0.1) is 5.69 Å². The zero-order valence-corrected chi connectivity index (χ0v) is 12.6. The van der Waals surface area contributed by atoms with Crippen molar-refractivity contribution in [3.8, 4) is 0 Å². The van der Waals surface area contributed by atoms with Gasteiger partial charge in [-0.15, -0.1) is 0 Å². The Hall–Kier alpha value is -0.930. The molecule has 2 rings (SSSR count). The molecule has 19 heavy (non-hydrogen) atoms. The highest BCUT2D eigenvalue weighted by atomic mass is 15.1. The highest BCUT2D eigenvalue weighted by Gasteiger charge is 2.28. The number of rotatable bonds is 5. The SMILES string of the molecule is CCN(Cc1cccc(C)n1)CC1(C)CCCNC1. The lowest BCUT2D eigenvalue weighted by molar-refractivity contribution is 0.131. The number of piperidine rings is 1. The molecule has 1 N–H and O–H groups in total. The summed E-state index contributed by atoms with van der Waals surface area (Å²) in [6, 6.07) is 6.30. The van der Waals surface area contributed by atoms with Gasteiger partial charge in [-0.2, -0.15) is 0 Å². The van der Waals surface area contributed by atoms with E-state index in [4.69, 9.17) is 0 Å². The van der Waals surface area contributed by atoms with Gasteiger partial charge in [0.25, 0.3) is 0 Å². The van der Waals surface area contributed by atoms with Crippen LogP contribution in [-0.4, -0.2) is 36.1 Å². The van der Waals surface area contributed by atoms with Crippen molar-refractivity contribution in [1.29, 1.82) is 0 Å². The van der Waals surface area contributed by atoms with Crippen molar-refractivity contribution < 1.29 is 0 Å². The van der Waals surface area contributed by atoms with E-state index in [2.05, 4.69) is 54.2 Å². The number of nitrogens with zero attached hydrogens (tertiary/aromatic N) is 2. The van der Waals surface area contributed by atoms with E-state index < -0.39 is 0 Å². The largest absolute Gasteiger partial charge is 0.316 e. The normalized spacial score (nSPS) is 23.8. The number of aryl methyl sites for hydroxylation is 1. The Balaban J connectivity index is 1.96. The summed E-state index contributed by atoms with van der Waals surface area (Å²) in [5.41, 5.74) is 2.71. The van der Waals surface area contributed by atoms with Crippen molar-refractivity contribution in [2.75, 3.05) is 26.2 Å². The molecule has 1 aliphatic rings. The van der Waals surface area contributed by atoms with E-state index in [1.165, 1.54) is 25.1 Å². The molecule has 1 aliphatic heterocycles. The molecule has 1 saturated heterocycles. The van der Waals surface area contributed by atoms with Gasteiger partial charge in [-0.05, 0) is 50.4 Å². The van der Waals surface area contributed by atoms with Gasteiger partial charge in [-0.3, -0.25) is 9.88 Å². The Bertz CT molecular complexity index is 397. The number of hydrogen-bond acceptors (Lipinski definition) is 3. The van der Waals surface area contributed by atoms with Crippen LogP contribution in [0.5, 0.6) is 0 Å². The van der Waals surface area contributed by atoms with Crippen molar-refractivity contribution in [2.24, 2.45) is 5.41 Å². The number of pyridine rings is 1. The van der Waals surface area contributed by atoms with Gasteiger partial charge in [0.15, 0.2) is 0 Å². The second-order valence-electron chi connectivity index (χ2n) is 6.16. The zero-order chi connectivity index (χ0) is 13.7. The lowest BCUT2D eigenvalue weighted by atomic mass is 9.82. The lowest BCUT2D eigenvalue weighted by Gasteiger charge is -2.38. The first kappa shape index (κ1) is 14.5. The Kier molecular flexibility index (Phi) is 4.94. The maximum Gasteiger partial charge on any atom is 0.0547 e. The molecule has 106 valence electrons. The molecule has 1 unspecified atom stereocenters. The summed E-state index contributed by atoms with van der Waals surface area (Å²) in [6.45, 7) is 12.3. The Morgan fingerprint density at radius 3 is 2.89 bits per heavy atom. The van der Waals surface area contributed by atoms with Gasteiger partial charge < -0.3 is 5.32 Å². The standard InChI is InChI=1S/C16H27N3/c1-4-19(11-15-8-5-7-14(2)18-15)13-16(3)9-6-10-17-12-16/h5,7-8,17H,4,6,9-13H2,1-3H3. The van der Waals surface area contributed by atoms with Gasteiger partial charge in [0.2, 0.25) is 0 Å². The molecule has 1 aromatic heterocycles. The van der Waals surface area contributed by atoms with Crippen LogP contribution in [0.1, 0.15) is 38.1 Å². The topological polar surface area (TPSA) is 28.2 Å². The number of aromatic nitrogens is 1. The van der Waals surface area contributed by atoms with Crippen LogP contribution in [0.25, 0.3) is 0 Å². The van der Waals surface area contributed by atoms with E-state index in [9.17, 15) is 0 Å². The fourth-order valence-corrected chi connectivity index (χ4v) is 2.99. The highest BCUT2D eigenvalue weighted by Crippen LogP contribution is 2.27. The van der Waals surface area contributed by atoms with Crippen LogP contribution >= 0.6 is 0 Å². The molecule has 2 heterocycles. The zero-order valence-electron chi connectivity index (χ0n) is 12.6. The monoisotopic (exact) mass is 261 g/mol. The van der Waals surface area contributed by atoms with E-state index in [1.807, 2.05) is 0 Å². The minimum Gasteiger partial charge on any atom is -0.316 e. The van der Waals surface area contributed by atoms with Gasteiger partial charge in [0.1, 0.15) is 0 Å². The quantitative estimate of drug-likeness (QED) is 0.883. The van der Waals surface area contributed by atoms with Crippen molar-refractivity contribution in [3.05, 3.63) is 29.6 Å². The van der Waals surface area contributed by atoms with Gasteiger partial charge in [0, 0.05) is 25.3 Å². The molecular weight excluding hydrogens is 234 g/mol. The number of hydrogen-bond donors (Lipinski definition) is 1. The number of nitrogens with one attached hydrogen (secondary N) is 1. The van der Waals surface area contributed by atoms with E-state index >= 15 is 0 Å². The third-order valence-electron chi connectivity index (χ3n) is 4.07. The van der Waals surface area contributed by atoms with Crippen LogP contribution < -0.4 is 5.32 Å². The summed E-state index contributed by atoms with van der Waals surface area (Å²) in [4.78, 5) is 7.14. The van der Waals surface area contributed by atoms with Crippen LogP contribution in [0.15, 0.2) is 18.2 Å². The molecule has 0 bridgehead atoms. The molecule has 1 aromatic rings. The fourth-order valence-electron chi connectivity index (χ4n) is 2.99. The summed E-state index contributed by atoms with van der Waals surface area (Å²) in [6.07, 6.45) is 2.63. The van der Waals surface area contributed by atoms with Crippen molar-refractivity contribution in [3.63, 3.8) is 0 Å².